The lowest BCUT2D eigenvalue weighted by Gasteiger charge is -2.48. The van der Waals surface area contributed by atoms with Crippen LogP contribution in [0.25, 0.3) is 0 Å². The van der Waals surface area contributed by atoms with Crippen LogP contribution in [-0.4, -0.2) is 51.1 Å². The lowest BCUT2D eigenvalue weighted by atomic mass is 9.66. The van der Waals surface area contributed by atoms with E-state index in [4.69, 9.17) is 10.7 Å². The first-order chi connectivity index (χ1) is 17.2. The lowest BCUT2D eigenvalue weighted by molar-refractivity contribution is -0.457. The van der Waals surface area contributed by atoms with Crippen molar-refractivity contribution in [2.45, 2.75) is 47.6 Å². The third-order valence-corrected chi connectivity index (χ3v) is 5.92. The molecule has 0 fully saturated rings. The fraction of sp³-hybridized carbons (Fsp3) is 0.500. The summed E-state index contributed by atoms with van der Waals surface area (Å²) in [6, 6.07) is -0.530. The molecule has 3 nitrogen and oxygen atoms in total. The van der Waals surface area contributed by atoms with Crippen LogP contribution in [-0.2, 0) is 9.05 Å². The molecule has 0 saturated heterocycles. The fourth-order valence-corrected chi connectivity index (χ4v) is 3.75. The van der Waals surface area contributed by atoms with Crippen molar-refractivity contribution in [2.75, 3.05) is 0 Å². The number of allylic oxidation sites excluding steroid dienone is 2. The zero-order valence-electron chi connectivity index (χ0n) is 17.5. The minimum atomic E-state index is -9.13. The molecule has 0 amide bonds. The molecule has 1 aromatic carbocycles. The first-order valence-electron chi connectivity index (χ1n) is 8.76. The van der Waals surface area contributed by atoms with Gasteiger partial charge in [-0.25, -0.2) is 8.42 Å². The Morgan fingerprint density at radius 2 is 0.925 bits per heavy atom. The van der Waals surface area contributed by atoms with Gasteiger partial charge in [-0.2, -0.15) is 83.4 Å². The van der Waals surface area contributed by atoms with Crippen LogP contribution < -0.4 is 4.74 Å². The molecule has 0 spiro atoms. The van der Waals surface area contributed by atoms with Crippen LogP contribution in [0.4, 0.5) is 83.4 Å². The molecule has 0 aliphatic rings. The molecule has 24 heteroatoms. The summed E-state index contributed by atoms with van der Waals surface area (Å²) in [5.41, 5.74) is -15.0. The highest BCUT2D eigenvalue weighted by Crippen LogP contribution is 2.72. The van der Waals surface area contributed by atoms with Crippen molar-refractivity contribution in [3.63, 3.8) is 0 Å². The van der Waals surface area contributed by atoms with Crippen LogP contribution >= 0.6 is 10.7 Å². The normalized spacial score (nSPS) is 16.1. The topological polar surface area (TPSA) is 43.4 Å². The number of hydrogen-bond donors (Lipinski definition) is 0. The summed E-state index contributed by atoms with van der Waals surface area (Å²) in [6.07, 6.45) is -41.4. The average Bonchev–Trinajstić information content (AvgIpc) is 2.65. The highest BCUT2D eigenvalue weighted by Gasteiger charge is 2.96. The van der Waals surface area contributed by atoms with E-state index in [1.165, 1.54) is 0 Å². The van der Waals surface area contributed by atoms with Crippen molar-refractivity contribution in [1.29, 1.82) is 0 Å². The van der Waals surface area contributed by atoms with Crippen LogP contribution in [0.3, 0.4) is 0 Å². The highest BCUT2D eigenvalue weighted by atomic mass is 35.7. The smallest absolute Gasteiger partial charge is 0.452 e. The van der Waals surface area contributed by atoms with Gasteiger partial charge in [0.25, 0.3) is 9.05 Å². The number of halogens is 20. The Morgan fingerprint density at radius 3 is 1.15 bits per heavy atom. The molecule has 0 aromatic heterocycles. The summed E-state index contributed by atoms with van der Waals surface area (Å²) in [7, 11) is -0.0409. The van der Waals surface area contributed by atoms with E-state index in [1.807, 2.05) is 0 Å². The summed E-state index contributed by atoms with van der Waals surface area (Å²) in [5.74, 6) is -24.9. The number of hydrogen-bond acceptors (Lipinski definition) is 3. The third-order valence-electron chi connectivity index (χ3n) is 4.55. The van der Waals surface area contributed by atoms with Crippen molar-refractivity contribution in [1.82, 2.24) is 0 Å². The van der Waals surface area contributed by atoms with Crippen LogP contribution in [0.1, 0.15) is 0 Å². The van der Waals surface area contributed by atoms with Gasteiger partial charge in [0.15, 0.2) is 0 Å². The van der Waals surface area contributed by atoms with Crippen molar-refractivity contribution < 1.29 is 96.6 Å². The van der Waals surface area contributed by atoms with Crippen LogP contribution in [0.2, 0.25) is 0 Å². The highest BCUT2D eigenvalue weighted by molar-refractivity contribution is 8.13. The average molecular weight is 673 g/mol. The monoisotopic (exact) mass is 672 g/mol. The number of ether oxygens (including phenoxy) is 1. The maximum Gasteiger partial charge on any atom is 0.454 e. The minimum absolute atomic E-state index is 0.00936. The summed E-state index contributed by atoms with van der Waals surface area (Å²) < 4.78 is 282. The number of alkyl halides is 19. The van der Waals surface area contributed by atoms with E-state index in [9.17, 15) is 91.8 Å². The molecule has 232 valence electrons. The molecule has 0 atom stereocenters. The first-order valence-corrected chi connectivity index (χ1v) is 11.1. The quantitative estimate of drug-likeness (QED) is 0.174. The molecule has 0 radical (unpaired) electrons. The van der Waals surface area contributed by atoms with Gasteiger partial charge in [-0.3, -0.25) is 0 Å². The standard InChI is InChI=1S/C16H4ClF19O3S/c17-40(37,38)6-3-1-5(2-4-6)39-8(11(21,22)23)7(10(18,19)20)9(14(28,29)30,12(24,25)15(31,32)33)13(26,27)16(34,35)36/h1-4H/b8-7-. The largest absolute Gasteiger partial charge is 0.454 e. The molecule has 0 heterocycles. The van der Waals surface area contributed by atoms with Crippen molar-refractivity contribution >= 4 is 19.7 Å². The van der Waals surface area contributed by atoms with Gasteiger partial charge >= 0.3 is 42.7 Å². The molecular weight excluding hydrogens is 669 g/mol. The van der Waals surface area contributed by atoms with E-state index in [1.54, 1.807) is 0 Å². The Kier molecular flexibility index (Phi) is 8.83. The summed E-state index contributed by atoms with van der Waals surface area (Å²) >= 11 is 0. The van der Waals surface area contributed by atoms with Crippen LogP contribution in [0.5, 0.6) is 5.75 Å². The second kappa shape index (κ2) is 9.89. The van der Waals surface area contributed by atoms with Gasteiger partial charge in [0.1, 0.15) is 11.3 Å². The van der Waals surface area contributed by atoms with E-state index < -0.39 is 79.2 Å². The molecule has 1 rings (SSSR count). The molecule has 0 unspecified atom stereocenters. The zero-order valence-corrected chi connectivity index (χ0v) is 19.1. The lowest BCUT2D eigenvalue weighted by Crippen LogP contribution is -2.73. The Bertz CT molecular complexity index is 1190. The van der Waals surface area contributed by atoms with Gasteiger partial charge < -0.3 is 4.74 Å². The van der Waals surface area contributed by atoms with E-state index in [0.29, 0.717) is 0 Å². The number of rotatable bonds is 6. The van der Waals surface area contributed by atoms with E-state index in [2.05, 4.69) is 4.74 Å². The Hall–Kier alpha value is -2.33. The number of benzene rings is 1. The molecular formula is C16H4ClF19O3S. The van der Waals surface area contributed by atoms with Gasteiger partial charge in [-0.15, -0.1) is 0 Å². The maximum absolute atomic E-state index is 14.2. The summed E-state index contributed by atoms with van der Waals surface area (Å²) in [4.78, 5) is -1.16. The van der Waals surface area contributed by atoms with Crippen LogP contribution in [0.15, 0.2) is 40.5 Å². The Balaban J connectivity index is 4.66. The molecule has 1 aromatic rings. The molecule has 0 aliphatic carbocycles. The van der Waals surface area contributed by atoms with E-state index in [0.717, 1.165) is 0 Å². The SMILES string of the molecule is O=S(=O)(Cl)c1ccc(O/C(=C(\C(F)(F)F)C(C(F)(F)F)(C(F)(F)C(F)(F)F)C(F)(F)C(F)(F)F)C(F)(F)F)cc1. The van der Waals surface area contributed by atoms with Crippen molar-refractivity contribution in [3.8, 4) is 5.75 Å². The van der Waals surface area contributed by atoms with Gasteiger partial charge in [-0.1, -0.05) is 0 Å². The third kappa shape index (κ3) is 5.98. The zero-order chi connectivity index (χ0) is 32.3. The predicted molar refractivity (Wildman–Crippen MR) is 89.7 cm³/mol. The Labute approximate surface area is 211 Å². The molecule has 0 saturated carbocycles. The molecule has 40 heavy (non-hydrogen) atoms. The van der Waals surface area contributed by atoms with Crippen molar-refractivity contribution in [2.24, 2.45) is 5.41 Å². The maximum atomic E-state index is 14.2. The van der Waals surface area contributed by atoms with Gasteiger partial charge in [0, 0.05) is 10.7 Å². The summed E-state index contributed by atoms with van der Waals surface area (Å²) in [5, 5.41) is 0. The first kappa shape index (κ1) is 35.7. The van der Waals surface area contributed by atoms with E-state index in [-0.39, 0.29) is 24.3 Å². The molecule has 0 N–H and O–H groups in total. The van der Waals surface area contributed by atoms with Gasteiger partial charge in [0.05, 0.1) is 4.90 Å². The second-order valence-electron chi connectivity index (χ2n) is 7.10. The molecule has 0 bridgehead atoms. The van der Waals surface area contributed by atoms with Gasteiger partial charge in [-0.05, 0) is 24.3 Å². The predicted octanol–water partition coefficient (Wildman–Crippen LogP) is 8.32. The Morgan fingerprint density at radius 1 is 0.575 bits per heavy atom. The molecule has 0 aliphatic heterocycles. The van der Waals surface area contributed by atoms with Gasteiger partial charge in [0.2, 0.25) is 11.2 Å². The second-order valence-corrected chi connectivity index (χ2v) is 9.67. The van der Waals surface area contributed by atoms with Crippen molar-refractivity contribution in [3.05, 3.63) is 35.6 Å². The summed E-state index contributed by atoms with van der Waals surface area (Å²) in [6.45, 7) is 0. The van der Waals surface area contributed by atoms with E-state index >= 15 is 0 Å². The fourth-order valence-electron chi connectivity index (χ4n) is 2.98. The van der Waals surface area contributed by atoms with Crippen LogP contribution in [0, 0.1) is 5.41 Å². The minimum Gasteiger partial charge on any atom is -0.452 e.